The summed E-state index contributed by atoms with van der Waals surface area (Å²) in [5.74, 6) is 0.918. The first-order valence-electron chi connectivity index (χ1n) is 10.5. The highest BCUT2D eigenvalue weighted by Crippen LogP contribution is 2.33. The van der Waals surface area contributed by atoms with Gasteiger partial charge in [-0.1, -0.05) is 12.1 Å². The van der Waals surface area contributed by atoms with Crippen molar-refractivity contribution in [3.8, 4) is 11.5 Å². The van der Waals surface area contributed by atoms with E-state index in [0.29, 0.717) is 37.8 Å². The maximum absolute atomic E-state index is 12.9. The fourth-order valence-electron chi connectivity index (χ4n) is 3.06. The molecule has 7 nitrogen and oxygen atoms in total. The zero-order valence-corrected chi connectivity index (χ0v) is 20.5. The number of nitrogens with zero attached hydrogens (tertiary/aromatic N) is 1. The van der Waals surface area contributed by atoms with E-state index in [4.69, 9.17) is 18.9 Å². The third kappa shape index (κ3) is 10.6. The van der Waals surface area contributed by atoms with Gasteiger partial charge in [0, 0.05) is 38.5 Å². The van der Waals surface area contributed by atoms with Gasteiger partial charge >= 0.3 is 6.61 Å². The molecule has 1 aliphatic rings. The normalized spacial score (nSPS) is 14.8. The van der Waals surface area contributed by atoms with Crippen molar-refractivity contribution in [1.29, 1.82) is 0 Å². The SMILES string of the molecule is CCNC(=NCc1cccc(OCC)c1OC(F)F)NCCCOC1CCOCC1.I. The number of ether oxygens (including phenoxy) is 4. The number of guanidine groups is 1. The van der Waals surface area contributed by atoms with E-state index in [0.717, 1.165) is 32.5 Å². The standard InChI is InChI=1S/C21H33F2N3O4.HI/c1-3-24-21(25-11-6-12-29-17-9-13-27-14-10-17)26-15-16-7-5-8-18(28-4-2)19(16)30-20(22)23;/h5,7-8,17,20H,3-4,6,9-15H2,1-2H3,(H2,24,25,26);1H. The monoisotopic (exact) mass is 557 g/mol. The van der Waals surface area contributed by atoms with Crippen LogP contribution in [0.15, 0.2) is 23.2 Å². The molecule has 10 heteroatoms. The van der Waals surface area contributed by atoms with Gasteiger partial charge in [0.25, 0.3) is 0 Å². The molecule has 0 aliphatic carbocycles. The lowest BCUT2D eigenvalue weighted by molar-refractivity contribution is -0.0520. The number of alkyl halides is 2. The molecule has 1 heterocycles. The fourth-order valence-corrected chi connectivity index (χ4v) is 3.06. The lowest BCUT2D eigenvalue weighted by atomic mass is 10.1. The third-order valence-corrected chi connectivity index (χ3v) is 4.45. The predicted octanol–water partition coefficient (Wildman–Crippen LogP) is 3.95. The predicted molar refractivity (Wildman–Crippen MR) is 127 cm³/mol. The lowest BCUT2D eigenvalue weighted by Crippen LogP contribution is -2.38. The molecule has 0 radical (unpaired) electrons. The number of rotatable bonds is 12. The number of hydrogen-bond acceptors (Lipinski definition) is 5. The van der Waals surface area contributed by atoms with Crippen LogP contribution in [-0.2, 0) is 16.0 Å². The van der Waals surface area contributed by atoms with Gasteiger partial charge in [-0.05, 0) is 39.2 Å². The maximum Gasteiger partial charge on any atom is 0.387 e. The molecular formula is C21H34F2IN3O4. The van der Waals surface area contributed by atoms with Crippen molar-refractivity contribution >= 4 is 29.9 Å². The Hall–Kier alpha value is -1.40. The van der Waals surface area contributed by atoms with Crippen LogP contribution in [0.2, 0.25) is 0 Å². The number of benzene rings is 1. The van der Waals surface area contributed by atoms with Gasteiger partial charge in [-0.25, -0.2) is 4.99 Å². The van der Waals surface area contributed by atoms with Crippen molar-refractivity contribution in [2.75, 3.05) is 39.5 Å². The first-order valence-corrected chi connectivity index (χ1v) is 10.5. The summed E-state index contributed by atoms with van der Waals surface area (Å²) in [4.78, 5) is 4.50. The molecule has 1 aliphatic heterocycles. The van der Waals surface area contributed by atoms with E-state index in [1.54, 1.807) is 25.1 Å². The van der Waals surface area contributed by atoms with Gasteiger partial charge in [0.05, 0.1) is 19.3 Å². The van der Waals surface area contributed by atoms with Gasteiger partial charge in [0.2, 0.25) is 0 Å². The molecule has 0 saturated carbocycles. The Morgan fingerprint density at radius 3 is 2.68 bits per heavy atom. The summed E-state index contributed by atoms with van der Waals surface area (Å²) in [7, 11) is 0. The van der Waals surface area contributed by atoms with E-state index in [1.165, 1.54) is 0 Å². The molecule has 31 heavy (non-hydrogen) atoms. The van der Waals surface area contributed by atoms with Crippen LogP contribution in [-0.4, -0.2) is 58.2 Å². The van der Waals surface area contributed by atoms with Gasteiger partial charge in [0.1, 0.15) is 0 Å². The summed E-state index contributed by atoms with van der Waals surface area (Å²) in [6, 6.07) is 5.05. The molecule has 2 rings (SSSR count). The second kappa shape index (κ2) is 16.3. The van der Waals surface area contributed by atoms with Crippen molar-refractivity contribution < 1.29 is 27.7 Å². The Morgan fingerprint density at radius 1 is 1.23 bits per heavy atom. The van der Waals surface area contributed by atoms with Gasteiger partial charge in [0.15, 0.2) is 17.5 Å². The molecule has 1 aromatic carbocycles. The van der Waals surface area contributed by atoms with E-state index in [2.05, 4.69) is 15.6 Å². The van der Waals surface area contributed by atoms with E-state index >= 15 is 0 Å². The van der Waals surface area contributed by atoms with Gasteiger partial charge in [-0.15, -0.1) is 24.0 Å². The first kappa shape index (κ1) is 27.6. The van der Waals surface area contributed by atoms with Gasteiger partial charge < -0.3 is 29.6 Å². The minimum Gasteiger partial charge on any atom is -0.490 e. The molecule has 0 unspecified atom stereocenters. The summed E-state index contributed by atoms with van der Waals surface area (Å²) in [6.07, 6.45) is 3.01. The van der Waals surface area contributed by atoms with E-state index < -0.39 is 6.61 Å². The quantitative estimate of drug-likeness (QED) is 0.176. The Labute approximate surface area is 200 Å². The molecule has 0 spiro atoms. The van der Waals surface area contributed by atoms with Crippen molar-refractivity contribution in [2.24, 2.45) is 4.99 Å². The van der Waals surface area contributed by atoms with Crippen molar-refractivity contribution in [2.45, 2.75) is 52.4 Å². The van der Waals surface area contributed by atoms with E-state index in [-0.39, 0.29) is 48.1 Å². The zero-order chi connectivity index (χ0) is 21.6. The topological polar surface area (TPSA) is 73.3 Å². The van der Waals surface area contributed by atoms with Crippen molar-refractivity contribution in [3.63, 3.8) is 0 Å². The Bertz CT molecular complexity index is 647. The van der Waals surface area contributed by atoms with Crippen molar-refractivity contribution in [3.05, 3.63) is 23.8 Å². The largest absolute Gasteiger partial charge is 0.490 e. The summed E-state index contributed by atoms with van der Waals surface area (Å²) in [5, 5.41) is 6.40. The number of hydrogen-bond donors (Lipinski definition) is 2. The summed E-state index contributed by atoms with van der Waals surface area (Å²) < 4.78 is 47.0. The van der Waals surface area contributed by atoms with Gasteiger partial charge in [-0.3, -0.25) is 0 Å². The number of para-hydroxylation sites is 1. The first-order chi connectivity index (χ1) is 14.6. The van der Waals surface area contributed by atoms with E-state index in [1.807, 2.05) is 6.92 Å². The number of halogens is 3. The molecule has 1 saturated heterocycles. The van der Waals surface area contributed by atoms with Gasteiger partial charge in [-0.2, -0.15) is 8.78 Å². The molecule has 1 fully saturated rings. The van der Waals surface area contributed by atoms with Crippen LogP contribution in [0.25, 0.3) is 0 Å². The highest BCUT2D eigenvalue weighted by Gasteiger charge is 2.16. The minimum absolute atomic E-state index is 0. The Morgan fingerprint density at radius 2 is 2.00 bits per heavy atom. The zero-order valence-electron chi connectivity index (χ0n) is 18.2. The summed E-state index contributed by atoms with van der Waals surface area (Å²) in [6.45, 7) is 4.92. The van der Waals surface area contributed by atoms with Crippen LogP contribution in [0.1, 0.15) is 38.7 Å². The second-order valence-electron chi connectivity index (χ2n) is 6.71. The molecule has 1 aromatic rings. The Kier molecular flexibility index (Phi) is 14.5. The average molecular weight is 557 g/mol. The fraction of sp³-hybridized carbons (Fsp3) is 0.667. The van der Waals surface area contributed by atoms with Crippen LogP contribution in [0.4, 0.5) is 8.78 Å². The van der Waals surface area contributed by atoms with Crippen LogP contribution >= 0.6 is 24.0 Å². The highest BCUT2D eigenvalue weighted by molar-refractivity contribution is 14.0. The molecule has 178 valence electrons. The number of aliphatic imine (C=N–C) groups is 1. The minimum atomic E-state index is -2.93. The van der Waals surface area contributed by atoms with Crippen molar-refractivity contribution in [1.82, 2.24) is 10.6 Å². The number of nitrogens with one attached hydrogen (secondary N) is 2. The van der Waals surface area contributed by atoms with Crippen LogP contribution in [0.5, 0.6) is 11.5 Å². The van der Waals surface area contributed by atoms with E-state index in [9.17, 15) is 8.78 Å². The second-order valence-corrected chi connectivity index (χ2v) is 6.71. The average Bonchev–Trinajstić information content (AvgIpc) is 2.74. The summed E-state index contributed by atoms with van der Waals surface area (Å²) >= 11 is 0. The van der Waals surface area contributed by atoms with Crippen LogP contribution < -0.4 is 20.1 Å². The molecule has 0 atom stereocenters. The molecular weight excluding hydrogens is 523 g/mol. The molecule has 0 aromatic heterocycles. The van der Waals surface area contributed by atoms with Crippen LogP contribution in [0.3, 0.4) is 0 Å². The summed E-state index contributed by atoms with van der Waals surface area (Å²) in [5.41, 5.74) is 0.529. The smallest absolute Gasteiger partial charge is 0.387 e. The third-order valence-electron chi connectivity index (χ3n) is 4.45. The Balaban J connectivity index is 0.00000480. The lowest BCUT2D eigenvalue weighted by Gasteiger charge is -2.22. The maximum atomic E-state index is 12.9. The molecule has 0 bridgehead atoms. The van der Waals surface area contributed by atoms with Crippen LogP contribution in [0, 0.1) is 0 Å². The highest BCUT2D eigenvalue weighted by atomic mass is 127. The molecule has 2 N–H and O–H groups in total. The molecule has 0 amide bonds.